The molecule has 4 nitrogen and oxygen atoms in total. The number of hydrogen-bond donors (Lipinski definition) is 1. The van der Waals surface area contributed by atoms with Gasteiger partial charge in [-0.15, -0.1) is 0 Å². The van der Waals surface area contributed by atoms with Gasteiger partial charge in [-0.1, -0.05) is 44.7 Å². The molecule has 0 spiro atoms. The molecule has 0 fully saturated rings. The molecular formula is C21H24BrNO3. The molecule has 26 heavy (non-hydrogen) atoms. The third-order valence-corrected chi connectivity index (χ3v) is 4.63. The van der Waals surface area contributed by atoms with Crippen molar-refractivity contribution in [3.63, 3.8) is 0 Å². The van der Waals surface area contributed by atoms with Gasteiger partial charge in [0, 0.05) is 0 Å². The molecular weight excluding hydrogens is 394 g/mol. The van der Waals surface area contributed by atoms with Crippen molar-refractivity contribution in [3.05, 3.63) is 65.2 Å². The minimum atomic E-state index is -0.252. The summed E-state index contributed by atoms with van der Waals surface area (Å²) in [6.07, 6.45) is 2.73. The Morgan fingerprint density at radius 1 is 1.23 bits per heavy atom. The number of ether oxygens (including phenoxy) is 2. The second kappa shape index (κ2) is 10.0. The van der Waals surface area contributed by atoms with Crippen LogP contribution < -0.4 is 14.8 Å². The van der Waals surface area contributed by atoms with Gasteiger partial charge in [0.2, 0.25) is 0 Å². The topological polar surface area (TPSA) is 47.6 Å². The van der Waals surface area contributed by atoms with Gasteiger partial charge in [0.25, 0.3) is 5.91 Å². The highest BCUT2D eigenvalue weighted by atomic mass is 79.9. The van der Waals surface area contributed by atoms with Crippen LogP contribution >= 0.6 is 15.9 Å². The minimum Gasteiger partial charge on any atom is -0.487 e. The number of anilines is 1. The quantitative estimate of drug-likeness (QED) is 0.544. The van der Waals surface area contributed by atoms with Crippen LogP contribution in [0.2, 0.25) is 0 Å². The molecule has 5 heteroatoms. The summed E-state index contributed by atoms with van der Waals surface area (Å²) >= 11 is 3.52. The molecule has 0 bridgehead atoms. The molecule has 1 amide bonds. The van der Waals surface area contributed by atoms with Gasteiger partial charge in [-0.25, -0.2) is 0 Å². The van der Waals surface area contributed by atoms with Gasteiger partial charge in [0.05, 0.1) is 10.2 Å². The number of hydrogen-bond acceptors (Lipinski definition) is 3. The summed E-state index contributed by atoms with van der Waals surface area (Å²) in [6.45, 7) is 8.25. The Bertz CT molecular complexity index is 761. The second-order valence-corrected chi connectivity index (χ2v) is 6.79. The summed E-state index contributed by atoms with van der Waals surface area (Å²) < 4.78 is 12.0. The first-order chi connectivity index (χ1) is 12.5. The zero-order valence-corrected chi connectivity index (χ0v) is 16.7. The summed E-state index contributed by atoms with van der Waals surface area (Å²) in [5.41, 5.74) is 1.85. The number of amides is 1. The highest BCUT2D eigenvalue weighted by molar-refractivity contribution is 9.10. The molecule has 2 aromatic rings. The molecule has 0 aliphatic carbocycles. The predicted octanol–water partition coefficient (Wildman–Crippen LogP) is 5.54. The fourth-order valence-corrected chi connectivity index (χ4v) is 2.86. The monoisotopic (exact) mass is 417 g/mol. The smallest absolute Gasteiger partial charge is 0.262 e. The lowest BCUT2D eigenvalue weighted by Gasteiger charge is -2.14. The summed E-state index contributed by atoms with van der Waals surface area (Å²) in [7, 11) is 0. The molecule has 2 rings (SSSR count). The fraction of sp³-hybridized carbons (Fsp3) is 0.286. The highest BCUT2D eigenvalue weighted by Crippen LogP contribution is 2.30. The molecule has 1 atom stereocenters. The van der Waals surface area contributed by atoms with Gasteiger partial charge in [0.1, 0.15) is 18.1 Å². The summed E-state index contributed by atoms with van der Waals surface area (Å²) in [5, 5.41) is 2.81. The van der Waals surface area contributed by atoms with E-state index in [1.807, 2.05) is 30.3 Å². The van der Waals surface area contributed by atoms with E-state index in [1.165, 1.54) is 5.56 Å². The standard InChI is InChI=1S/C21H24BrNO3/c1-4-12-25-20-9-7-6-8-18(20)23-21(24)14-26-19-11-10-16(13-17(19)22)15(3)5-2/h4,6-11,13,15H,1,5,12,14H2,2-3H3,(H,23,24). The summed E-state index contributed by atoms with van der Waals surface area (Å²) in [6, 6.07) is 13.2. The Balaban J connectivity index is 1.96. The average molecular weight is 418 g/mol. The molecule has 2 aromatic carbocycles. The van der Waals surface area contributed by atoms with Crippen molar-refractivity contribution < 1.29 is 14.3 Å². The van der Waals surface area contributed by atoms with Crippen molar-refractivity contribution >= 4 is 27.5 Å². The lowest BCUT2D eigenvalue weighted by Crippen LogP contribution is -2.20. The molecule has 0 radical (unpaired) electrons. The molecule has 0 saturated carbocycles. The van der Waals surface area contributed by atoms with Crippen molar-refractivity contribution in [2.45, 2.75) is 26.2 Å². The van der Waals surface area contributed by atoms with E-state index in [0.29, 0.717) is 29.7 Å². The van der Waals surface area contributed by atoms with E-state index in [-0.39, 0.29) is 12.5 Å². The Morgan fingerprint density at radius 3 is 2.69 bits per heavy atom. The molecule has 138 valence electrons. The van der Waals surface area contributed by atoms with Crippen molar-refractivity contribution in [2.24, 2.45) is 0 Å². The number of benzene rings is 2. The Hall–Kier alpha value is -2.27. The van der Waals surface area contributed by atoms with Crippen molar-refractivity contribution in [1.29, 1.82) is 0 Å². The maximum absolute atomic E-state index is 12.2. The van der Waals surface area contributed by atoms with Gasteiger partial charge >= 0.3 is 0 Å². The lowest BCUT2D eigenvalue weighted by molar-refractivity contribution is -0.118. The van der Waals surface area contributed by atoms with E-state index < -0.39 is 0 Å². The minimum absolute atomic E-state index is 0.0862. The summed E-state index contributed by atoms with van der Waals surface area (Å²) in [4.78, 5) is 12.2. The molecule has 0 saturated heterocycles. The SMILES string of the molecule is C=CCOc1ccccc1NC(=O)COc1ccc(C(C)CC)cc1Br. The largest absolute Gasteiger partial charge is 0.487 e. The van der Waals surface area contributed by atoms with Crippen molar-refractivity contribution in [3.8, 4) is 11.5 Å². The Labute approximate surface area is 163 Å². The highest BCUT2D eigenvalue weighted by Gasteiger charge is 2.11. The van der Waals surface area contributed by atoms with Crippen molar-refractivity contribution in [2.75, 3.05) is 18.5 Å². The molecule has 1 unspecified atom stereocenters. The number of rotatable bonds is 9. The van der Waals surface area contributed by atoms with E-state index in [1.54, 1.807) is 18.2 Å². The third kappa shape index (κ3) is 5.63. The van der Waals surface area contributed by atoms with E-state index in [9.17, 15) is 4.79 Å². The molecule has 0 aliphatic rings. The number of nitrogens with one attached hydrogen (secondary N) is 1. The van der Waals surface area contributed by atoms with Crippen LogP contribution in [0.4, 0.5) is 5.69 Å². The van der Waals surface area contributed by atoms with Crippen LogP contribution in [0.5, 0.6) is 11.5 Å². The maximum atomic E-state index is 12.2. The van der Waals surface area contributed by atoms with Crippen molar-refractivity contribution in [1.82, 2.24) is 0 Å². The normalized spacial score (nSPS) is 11.5. The lowest BCUT2D eigenvalue weighted by atomic mass is 9.99. The molecule has 0 aromatic heterocycles. The van der Waals surface area contributed by atoms with Crippen LogP contribution in [0.15, 0.2) is 59.6 Å². The fourth-order valence-electron chi connectivity index (χ4n) is 2.35. The van der Waals surface area contributed by atoms with Crippen LogP contribution in [0.1, 0.15) is 31.7 Å². The molecule has 0 heterocycles. The van der Waals surface area contributed by atoms with Crippen LogP contribution in [-0.2, 0) is 4.79 Å². The first kappa shape index (κ1) is 20.0. The molecule has 1 N–H and O–H groups in total. The zero-order chi connectivity index (χ0) is 18.9. The number of para-hydroxylation sites is 2. The summed E-state index contributed by atoms with van der Waals surface area (Å²) in [5.74, 6) is 1.47. The zero-order valence-electron chi connectivity index (χ0n) is 15.1. The van der Waals surface area contributed by atoms with E-state index in [0.717, 1.165) is 10.9 Å². The maximum Gasteiger partial charge on any atom is 0.262 e. The van der Waals surface area contributed by atoms with Gasteiger partial charge in [0.15, 0.2) is 6.61 Å². The number of carbonyl (C=O) groups excluding carboxylic acids is 1. The first-order valence-electron chi connectivity index (χ1n) is 8.60. The average Bonchev–Trinajstić information content (AvgIpc) is 2.65. The predicted molar refractivity (Wildman–Crippen MR) is 109 cm³/mol. The van der Waals surface area contributed by atoms with Crippen LogP contribution in [0, 0.1) is 0 Å². The Kier molecular flexibility index (Phi) is 7.73. The van der Waals surface area contributed by atoms with Gasteiger partial charge < -0.3 is 14.8 Å². The second-order valence-electron chi connectivity index (χ2n) is 5.93. The molecule has 0 aliphatic heterocycles. The number of halogens is 1. The van der Waals surface area contributed by atoms with Gasteiger partial charge in [-0.2, -0.15) is 0 Å². The van der Waals surface area contributed by atoms with Crippen LogP contribution in [0.25, 0.3) is 0 Å². The first-order valence-corrected chi connectivity index (χ1v) is 9.39. The van der Waals surface area contributed by atoms with E-state index in [2.05, 4.69) is 41.7 Å². The van der Waals surface area contributed by atoms with Gasteiger partial charge in [-0.05, 0) is 58.1 Å². The Morgan fingerprint density at radius 2 is 2.00 bits per heavy atom. The van der Waals surface area contributed by atoms with Crippen LogP contribution in [0.3, 0.4) is 0 Å². The van der Waals surface area contributed by atoms with E-state index >= 15 is 0 Å². The van der Waals surface area contributed by atoms with Gasteiger partial charge in [-0.3, -0.25) is 4.79 Å². The third-order valence-electron chi connectivity index (χ3n) is 4.01. The number of carbonyl (C=O) groups is 1. The van der Waals surface area contributed by atoms with E-state index in [4.69, 9.17) is 9.47 Å². The van der Waals surface area contributed by atoms with Crippen LogP contribution in [-0.4, -0.2) is 19.1 Å².